The highest BCUT2D eigenvalue weighted by Gasteiger charge is 2.43. The molecule has 0 radical (unpaired) electrons. The maximum Gasteiger partial charge on any atom is 0.318 e. The summed E-state index contributed by atoms with van der Waals surface area (Å²) in [5, 5.41) is 3.01. The van der Waals surface area contributed by atoms with Crippen LogP contribution in [0.1, 0.15) is 30.7 Å². The molecule has 6 heteroatoms. The number of likely N-dealkylation sites (tertiary alicyclic amines) is 1. The van der Waals surface area contributed by atoms with Crippen LogP contribution in [0.25, 0.3) is 0 Å². The summed E-state index contributed by atoms with van der Waals surface area (Å²) < 4.78 is 10.4. The van der Waals surface area contributed by atoms with Gasteiger partial charge in [0.2, 0.25) is 0 Å². The summed E-state index contributed by atoms with van der Waals surface area (Å²) in [7, 11) is 1.37. The minimum Gasteiger partial charge on any atom is -0.469 e. The van der Waals surface area contributed by atoms with Crippen LogP contribution in [0.15, 0.2) is 53.1 Å². The van der Waals surface area contributed by atoms with Crippen LogP contribution in [0.3, 0.4) is 0 Å². The third-order valence-electron chi connectivity index (χ3n) is 4.67. The molecule has 2 amide bonds. The third kappa shape index (κ3) is 3.52. The molecule has 25 heavy (non-hydrogen) atoms. The van der Waals surface area contributed by atoms with Gasteiger partial charge in [-0.05, 0) is 31.0 Å². The number of nitrogens with zero attached hydrogens (tertiary/aromatic N) is 1. The van der Waals surface area contributed by atoms with Crippen LogP contribution < -0.4 is 5.32 Å². The predicted molar refractivity (Wildman–Crippen MR) is 91.8 cm³/mol. The van der Waals surface area contributed by atoms with Crippen molar-refractivity contribution in [3.05, 3.63) is 60.1 Å². The van der Waals surface area contributed by atoms with E-state index in [9.17, 15) is 9.59 Å². The maximum atomic E-state index is 12.7. The Balaban J connectivity index is 1.75. The number of hydrogen-bond acceptors (Lipinski definition) is 4. The van der Waals surface area contributed by atoms with E-state index >= 15 is 0 Å². The number of esters is 1. The van der Waals surface area contributed by atoms with Crippen molar-refractivity contribution in [3.63, 3.8) is 0 Å². The Kier molecular flexibility index (Phi) is 4.79. The van der Waals surface area contributed by atoms with Crippen LogP contribution in [0.5, 0.6) is 0 Å². The van der Waals surface area contributed by atoms with Crippen molar-refractivity contribution in [1.29, 1.82) is 0 Å². The van der Waals surface area contributed by atoms with E-state index in [-0.39, 0.29) is 18.0 Å². The van der Waals surface area contributed by atoms with Gasteiger partial charge in [-0.2, -0.15) is 0 Å². The number of rotatable bonds is 4. The van der Waals surface area contributed by atoms with Gasteiger partial charge in [0.25, 0.3) is 0 Å². The second-order valence-electron chi connectivity index (χ2n) is 6.53. The molecule has 1 fully saturated rings. The van der Waals surface area contributed by atoms with Gasteiger partial charge in [0.05, 0.1) is 18.8 Å². The van der Waals surface area contributed by atoms with Crippen molar-refractivity contribution in [3.8, 4) is 0 Å². The normalized spacial score (nSPS) is 21.0. The first-order valence-corrected chi connectivity index (χ1v) is 8.26. The molecule has 1 aliphatic rings. The lowest BCUT2D eigenvalue weighted by atomic mass is 9.90. The first-order valence-electron chi connectivity index (χ1n) is 8.26. The number of carbonyl (C=O) groups is 2. The molecular formula is C19H22N2O4. The minimum absolute atomic E-state index is 0.224. The van der Waals surface area contributed by atoms with Crippen LogP contribution in [-0.4, -0.2) is 37.1 Å². The smallest absolute Gasteiger partial charge is 0.318 e. The zero-order chi connectivity index (χ0) is 17.9. The largest absolute Gasteiger partial charge is 0.469 e. The summed E-state index contributed by atoms with van der Waals surface area (Å²) in [4.78, 5) is 26.3. The number of hydrogen-bond donors (Lipinski definition) is 1. The minimum atomic E-state index is -0.654. The number of urea groups is 1. The van der Waals surface area contributed by atoms with E-state index in [2.05, 4.69) is 5.32 Å². The van der Waals surface area contributed by atoms with E-state index in [4.69, 9.17) is 9.15 Å². The molecule has 0 saturated carbocycles. The van der Waals surface area contributed by atoms with Crippen LogP contribution in [-0.2, 0) is 9.53 Å². The van der Waals surface area contributed by atoms with Gasteiger partial charge < -0.3 is 19.4 Å². The van der Waals surface area contributed by atoms with Crippen LogP contribution in [0.4, 0.5) is 4.79 Å². The highest BCUT2D eigenvalue weighted by Crippen LogP contribution is 2.32. The van der Waals surface area contributed by atoms with Crippen molar-refractivity contribution in [2.45, 2.75) is 19.4 Å². The highest BCUT2D eigenvalue weighted by molar-refractivity contribution is 5.81. The molecule has 1 aromatic carbocycles. The molecule has 2 aromatic rings. The first-order chi connectivity index (χ1) is 12.0. The van der Waals surface area contributed by atoms with Gasteiger partial charge in [-0.1, -0.05) is 30.3 Å². The second-order valence-corrected chi connectivity index (χ2v) is 6.53. The molecular weight excluding hydrogens is 320 g/mol. The number of benzene rings is 1. The van der Waals surface area contributed by atoms with Gasteiger partial charge in [0.15, 0.2) is 0 Å². The van der Waals surface area contributed by atoms with E-state index in [1.165, 1.54) is 7.11 Å². The Morgan fingerprint density at radius 1 is 1.24 bits per heavy atom. The zero-order valence-electron chi connectivity index (χ0n) is 14.4. The monoisotopic (exact) mass is 342 g/mol. The van der Waals surface area contributed by atoms with E-state index < -0.39 is 5.41 Å². The van der Waals surface area contributed by atoms with E-state index in [0.29, 0.717) is 25.3 Å². The molecule has 1 aliphatic heterocycles. The summed E-state index contributed by atoms with van der Waals surface area (Å²) in [6, 6.07) is 12.7. The number of carbonyl (C=O) groups excluding carboxylic acids is 2. The Morgan fingerprint density at radius 3 is 2.64 bits per heavy atom. The van der Waals surface area contributed by atoms with Gasteiger partial charge >= 0.3 is 12.0 Å². The molecule has 132 valence electrons. The molecule has 2 heterocycles. The van der Waals surface area contributed by atoms with Crippen LogP contribution >= 0.6 is 0 Å². The lowest BCUT2D eigenvalue weighted by molar-refractivity contribution is -0.150. The fraction of sp³-hybridized carbons (Fsp3) is 0.368. The van der Waals surface area contributed by atoms with E-state index in [0.717, 1.165) is 5.56 Å². The van der Waals surface area contributed by atoms with Crippen molar-refractivity contribution in [2.24, 2.45) is 5.41 Å². The Morgan fingerprint density at radius 2 is 2.00 bits per heavy atom. The van der Waals surface area contributed by atoms with Crippen LogP contribution in [0, 0.1) is 5.41 Å². The lowest BCUT2D eigenvalue weighted by Gasteiger charge is -2.24. The van der Waals surface area contributed by atoms with Gasteiger partial charge in [0, 0.05) is 13.1 Å². The second kappa shape index (κ2) is 7.01. The third-order valence-corrected chi connectivity index (χ3v) is 4.67. The van der Waals surface area contributed by atoms with Crippen molar-refractivity contribution < 1.29 is 18.7 Å². The van der Waals surface area contributed by atoms with Gasteiger partial charge in [-0.15, -0.1) is 0 Å². The molecule has 1 N–H and O–H groups in total. The lowest BCUT2D eigenvalue weighted by Crippen LogP contribution is -2.42. The number of ether oxygens (including phenoxy) is 1. The average Bonchev–Trinajstić information content (AvgIpc) is 3.30. The Labute approximate surface area is 146 Å². The molecule has 0 aliphatic carbocycles. The average molecular weight is 342 g/mol. The van der Waals surface area contributed by atoms with Crippen molar-refractivity contribution >= 4 is 12.0 Å². The maximum absolute atomic E-state index is 12.7. The van der Waals surface area contributed by atoms with Gasteiger partial charge in [-0.3, -0.25) is 4.79 Å². The summed E-state index contributed by atoms with van der Waals surface area (Å²) >= 11 is 0. The first kappa shape index (κ1) is 17.1. The fourth-order valence-electron chi connectivity index (χ4n) is 3.18. The molecule has 1 saturated heterocycles. The molecule has 1 aromatic heterocycles. The Hall–Kier alpha value is -2.76. The summed E-state index contributed by atoms with van der Waals surface area (Å²) in [6.45, 7) is 2.68. The number of methoxy groups -OCH3 is 1. The fourth-order valence-corrected chi connectivity index (χ4v) is 3.18. The van der Waals surface area contributed by atoms with Gasteiger partial charge in [0.1, 0.15) is 11.8 Å². The topological polar surface area (TPSA) is 71.8 Å². The summed E-state index contributed by atoms with van der Waals surface area (Å²) in [5.74, 6) is 0.378. The van der Waals surface area contributed by atoms with E-state index in [1.54, 1.807) is 17.2 Å². The molecule has 0 unspecified atom stereocenters. The standard InChI is InChI=1S/C19H22N2O4/c1-19(17(22)24-2)10-11-21(13-19)18(23)20-16(15-9-6-12-25-15)14-7-4-3-5-8-14/h3-9,12,16H,10-11,13H2,1-2H3,(H,20,23)/t16-,19-/m1/s1. The predicted octanol–water partition coefficient (Wildman–Crippen LogP) is 2.96. The summed E-state index contributed by atoms with van der Waals surface area (Å²) in [5.41, 5.74) is 0.277. The van der Waals surface area contributed by atoms with Crippen molar-refractivity contribution in [1.82, 2.24) is 10.2 Å². The molecule has 6 nitrogen and oxygen atoms in total. The summed E-state index contributed by atoms with van der Waals surface area (Å²) in [6.07, 6.45) is 2.17. The number of nitrogens with one attached hydrogen (secondary N) is 1. The molecule has 0 spiro atoms. The highest BCUT2D eigenvalue weighted by atomic mass is 16.5. The number of amides is 2. The number of furan rings is 1. The Bertz CT molecular complexity index is 729. The molecule has 2 atom stereocenters. The quantitative estimate of drug-likeness (QED) is 0.867. The van der Waals surface area contributed by atoms with Gasteiger partial charge in [-0.25, -0.2) is 4.79 Å². The SMILES string of the molecule is COC(=O)[C@]1(C)CCN(C(=O)N[C@H](c2ccccc2)c2ccco2)C1. The van der Waals surface area contributed by atoms with Crippen molar-refractivity contribution in [2.75, 3.05) is 20.2 Å². The molecule has 0 bridgehead atoms. The zero-order valence-corrected chi connectivity index (χ0v) is 14.4. The van der Waals surface area contributed by atoms with Crippen LogP contribution in [0.2, 0.25) is 0 Å². The molecule has 3 rings (SSSR count). The van der Waals surface area contributed by atoms with E-state index in [1.807, 2.05) is 43.3 Å².